The topological polar surface area (TPSA) is 0 Å². The third-order valence-electron chi connectivity index (χ3n) is 2.54. The third-order valence-corrected chi connectivity index (χ3v) is 2.54. The van der Waals surface area contributed by atoms with Crippen LogP contribution in [-0.4, -0.2) is 0 Å². The first-order chi connectivity index (χ1) is 5.38. The van der Waals surface area contributed by atoms with Crippen LogP contribution < -0.4 is 0 Å². The van der Waals surface area contributed by atoms with Gasteiger partial charge in [0.05, 0.1) is 0 Å². The molecule has 0 fully saturated rings. The molecule has 0 heterocycles. The molecule has 0 aliphatic heterocycles. The summed E-state index contributed by atoms with van der Waals surface area (Å²) >= 11 is 0. The lowest BCUT2D eigenvalue weighted by molar-refractivity contribution is 0.676. The van der Waals surface area contributed by atoms with Crippen molar-refractivity contribution in [1.29, 1.82) is 0 Å². The Balaban J connectivity index is 2.21. The van der Waals surface area contributed by atoms with Gasteiger partial charge in [0.25, 0.3) is 0 Å². The summed E-state index contributed by atoms with van der Waals surface area (Å²) in [6.07, 6.45) is 9.87. The van der Waals surface area contributed by atoms with Crippen LogP contribution in [0.4, 0.5) is 0 Å². The third kappa shape index (κ3) is 2.21. The van der Waals surface area contributed by atoms with E-state index in [4.69, 9.17) is 0 Å². The van der Waals surface area contributed by atoms with Gasteiger partial charge < -0.3 is 0 Å². The quantitative estimate of drug-likeness (QED) is 0.412. The summed E-state index contributed by atoms with van der Waals surface area (Å²) in [4.78, 5) is 0. The standard InChI is InChI=1S/C11H18/c1-3-5-6-7-11-9-8-10(11)4-2/h3H,1,4-9H2,2H3. The molecule has 0 aromatic rings. The zero-order valence-electron chi connectivity index (χ0n) is 7.53. The second-order valence-electron chi connectivity index (χ2n) is 3.24. The van der Waals surface area contributed by atoms with Gasteiger partial charge in [-0.25, -0.2) is 0 Å². The Kier molecular flexibility index (Phi) is 3.41. The number of hydrogen-bond acceptors (Lipinski definition) is 0. The SMILES string of the molecule is C=CCCCC1=C(CC)CC1. The molecule has 0 saturated heterocycles. The summed E-state index contributed by atoms with van der Waals surface area (Å²) in [6.45, 7) is 5.99. The molecule has 0 heteroatoms. The Morgan fingerprint density at radius 3 is 2.55 bits per heavy atom. The summed E-state index contributed by atoms with van der Waals surface area (Å²) in [6, 6.07) is 0. The summed E-state index contributed by atoms with van der Waals surface area (Å²) in [5, 5.41) is 0. The lowest BCUT2D eigenvalue weighted by Gasteiger charge is -2.22. The van der Waals surface area contributed by atoms with Gasteiger partial charge in [0.15, 0.2) is 0 Å². The minimum absolute atomic E-state index is 1.18. The first kappa shape index (κ1) is 8.58. The first-order valence-corrected chi connectivity index (χ1v) is 4.69. The summed E-state index contributed by atoms with van der Waals surface area (Å²) < 4.78 is 0. The molecule has 0 atom stereocenters. The molecule has 0 nitrogen and oxygen atoms in total. The van der Waals surface area contributed by atoms with Gasteiger partial charge in [0.2, 0.25) is 0 Å². The van der Waals surface area contributed by atoms with Crippen LogP contribution in [0.25, 0.3) is 0 Å². The first-order valence-electron chi connectivity index (χ1n) is 4.69. The monoisotopic (exact) mass is 150 g/mol. The number of hydrogen-bond donors (Lipinski definition) is 0. The van der Waals surface area contributed by atoms with Gasteiger partial charge in [-0.2, -0.15) is 0 Å². The number of rotatable bonds is 5. The minimum atomic E-state index is 1.18. The van der Waals surface area contributed by atoms with Gasteiger partial charge in [-0.15, -0.1) is 6.58 Å². The van der Waals surface area contributed by atoms with Crippen LogP contribution >= 0.6 is 0 Å². The molecule has 62 valence electrons. The Morgan fingerprint density at radius 2 is 2.09 bits per heavy atom. The highest BCUT2D eigenvalue weighted by Gasteiger charge is 2.13. The van der Waals surface area contributed by atoms with Crippen molar-refractivity contribution in [2.45, 2.75) is 45.4 Å². The fraction of sp³-hybridized carbons (Fsp3) is 0.636. The van der Waals surface area contributed by atoms with Crippen molar-refractivity contribution in [1.82, 2.24) is 0 Å². The maximum Gasteiger partial charge on any atom is -0.0280 e. The van der Waals surface area contributed by atoms with Crippen molar-refractivity contribution in [2.24, 2.45) is 0 Å². The van der Waals surface area contributed by atoms with E-state index >= 15 is 0 Å². The highest BCUT2D eigenvalue weighted by Crippen LogP contribution is 2.33. The van der Waals surface area contributed by atoms with Crippen molar-refractivity contribution in [3.05, 3.63) is 23.8 Å². The average molecular weight is 150 g/mol. The van der Waals surface area contributed by atoms with Crippen molar-refractivity contribution >= 4 is 0 Å². The molecule has 0 aromatic heterocycles. The van der Waals surface area contributed by atoms with E-state index in [2.05, 4.69) is 13.5 Å². The largest absolute Gasteiger partial charge is 0.103 e. The fourth-order valence-corrected chi connectivity index (χ4v) is 1.67. The second-order valence-corrected chi connectivity index (χ2v) is 3.24. The van der Waals surface area contributed by atoms with Crippen molar-refractivity contribution in [3.63, 3.8) is 0 Å². The second kappa shape index (κ2) is 4.38. The minimum Gasteiger partial charge on any atom is -0.103 e. The molecule has 0 radical (unpaired) electrons. The van der Waals surface area contributed by atoms with Crippen molar-refractivity contribution in [3.8, 4) is 0 Å². The van der Waals surface area contributed by atoms with Gasteiger partial charge in [-0.1, -0.05) is 24.1 Å². The zero-order valence-corrected chi connectivity index (χ0v) is 7.53. The predicted octanol–water partition coefficient (Wildman–Crippen LogP) is 3.84. The molecule has 0 N–H and O–H groups in total. The van der Waals surface area contributed by atoms with E-state index in [9.17, 15) is 0 Å². The fourth-order valence-electron chi connectivity index (χ4n) is 1.67. The normalized spacial score (nSPS) is 16.5. The molecule has 0 aromatic carbocycles. The molecule has 0 spiro atoms. The zero-order chi connectivity index (χ0) is 8.10. The predicted molar refractivity (Wildman–Crippen MR) is 50.6 cm³/mol. The van der Waals surface area contributed by atoms with E-state index in [1.165, 1.54) is 38.5 Å². The lowest BCUT2D eigenvalue weighted by atomic mass is 9.84. The van der Waals surface area contributed by atoms with E-state index in [1.54, 1.807) is 11.1 Å². The van der Waals surface area contributed by atoms with E-state index in [0.29, 0.717) is 0 Å². The van der Waals surface area contributed by atoms with E-state index in [-0.39, 0.29) is 0 Å². The van der Waals surface area contributed by atoms with Gasteiger partial charge in [0, 0.05) is 0 Å². The Bertz CT molecular complexity index is 163. The molecular formula is C11H18. The maximum absolute atomic E-state index is 3.72. The number of unbranched alkanes of at least 4 members (excludes halogenated alkanes) is 1. The smallest absolute Gasteiger partial charge is 0.0280 e. The maximum atomic E-state index is 3.72. The number of allylic oxidation sites excluding steroid dienone is 3. The molecule has 0 amide bonds. The van der Waals surface area contributed by atoms with Crippen LogP contribution in [0.5, 0.6) is 0 Å². The van der Waals surface area contributed by atoms with Crippen molar-refractivity contribution in [2.75, 3.05) is 0 Å². The van der Waals surface area contributed by atoms with Gasteiger partial charge in [-0.05, 0) is 38.5 Å². The summed E-state index contributed by atoms with van der Waals surface area (Å²) in [5.41, 5.74) is 3.48. The highest BCUT2D eigenvalue weighted by molar-refractivity contribution is 5.23. The van der Waals surface area contributed by atoms with Crippen LogP contribution in [0.15, 0.2) is 23.8 Å². The van der Waals surface area contributed by atoms with Crippen molar-refractivity contribution < 1.29 is 0 Å². The molecule has 0 unspecified atom stereocenters. The highest BCUT2D eigenvalue weighted by atomic mass is 14.2. The average Bonchev–Trinajstić information content (AvgIpc) is 1.97. The molecule has 1 rings (SSSR count). The molecule has 1 aliphatic rings. The Hall–Kier alpha value is -0.520. The van der Waals surface area contributed by atoms with Crippen LogP contribution in [-0.2, 0) is 0 Å². The van der Waals surface area contributed by atoms with Gasteiger partial charge in [0.1, 0.15) is 0 Å². The molecule has 11 heavy (non-hydrogen) atoms. The van der Waals surface area contributed by atoms with E-state index in [1.807, 2.05) is 6.08 Å². The van der Waals surface area contributed by atoms with E-state index < -0.39 is 0 Å². The molecule has 0 bridgehead atoms. The molecule has 0 saturated carbocycles. The van der Waals surface area contributed by atoms with Crippen LogP contribution in [0, 0.1) is 0 Å². The van der Waals surface area contributed by atoms with Crippen LogP contribution in [0.2, 0.25) is 0 Å². The van der Waals surface area contributed by atoms with Crippen LogP contribution in [0.1, 0.15) is 45.4 Å². The summed E-state index contributed by atoms with van der Waals surface area (Å²) in [7, 11) is 0. The molecular weight excluding hydrogens is 132 g/mol. The van der Waals surface area contributed by atoms with Gasteiger partial charge in [-0.3, -0.25) is 0 Å². The Morgan fingerprint density at radius 1 is 1.36 bits per heavy atom. The van der Waals surface area contributed by atoms with E-state index in [0.717, 1.165) is 0 Å². The lowest BCUT2D eigenvalue weighted by Crippen LogP contribution is -2.02. The van der Waals surface area contributed by atoms with Crippen LogP contribution in [0.3, 0.4) is 0 Å². The summed E-state index contributed by atoms with van der Waals surface area (Å²) in [5.74, 6) is 0. The van der Waals surface area contributed by atoms with Gasteiger partial charge >= 0.3 is 0 Å². The molecule has 1 aliphatic carbocycles. The Labute approximate surface area is 70.0 Å².